The van der Waals surface area contributed by atoms with Crippen molar-refractivity contribution in [1.29, 1.82) is 0 Å². The molecule has 2 aromatic carbocycles. The Morgan fingerprint density at radius 2 is 1.91 bits per heavy atom. The Balaban J connectivity index is 2.02. The maximum absolute atomic E-state index is 13.0. The SMILES string of the molecule is CCOc1ccc(-n2c(CCNC(C)=O)nnc2Sc2ccc(C(F)(F)F)cc2[N+](=O)[O-])cc1. The predicted octanol–water partition coefficient (Wildman–Crippen LogP) is 4.42. The molecule has 3 rings (SSSR count). The lowest BCUT2D eigenvalue weighted by molar-refractivity contribution is -0.388. The molecule has 1 amide bonds. The fourth-order valence-electron chi connectivity index (χ4n) is 3.02. The first kappa shape index (κ1) is 25.0. The summed E-state index contributed by atoms with van der Waals surface area (Å²) in [5.74, 6) is 0.865. The molecule has 13 heteroatoms. The zero-order valence-electron chi connectivity index (χ0n) is 18.1. The van der Waals surface area contributed by atoms with E-state index in [1.54, 1.807) is 28.8 Å². The van der Waals surface area contributed by atoms with Gasteiger partial charge >= 0.3 is 6.18 Å². The molecule has 3 aromatic rings. The van der Waals surface area contributed by atoms with E-state index in [0.717, 1.165) is 23.9 Å². The van der Waals surface area contributed by atoms with Crippen LogP contribution in [0.1, 0.15) is 25.2 Å². The van der Waals surface area contributed by atoms with Gasteiger partial charge in [0, 0.05) is 31.6 Å². The molecule has 0 aliphatic heterocycles. The van der Waals surface area contributed by atoms with Crippen LogP contribution < -0.4 is 10.1 Å². The molecule has 0 aliphatic carbocycles. The molecule has 9 nitrogen and oxygen atoms in total. The molecule has 0 fully saturated rings. The number of carbonyl (C=O) groups is 1. The molecule has 34 heavy (non-hydrogen) atoms. The van der Waals surface area contributed by atoms with E-state index in [4.69, 9.17) is 4.74 Å². The first-order valence-corrected chi connectivity index (χ1v) is 10.9. The Hall–Kier alpha value is -3.61. The van der Waals surface area contributed by atoms with Gasteiger partial charge in [-0.3, -0.25) is 19.5 Å². The number of nitrogens with zero attached hydrogens (tertiary/aromatic N) is 4. The molecule has 1 aromatic heterocycles. The van der Waals surface area contributed by atoms with Crippen LogP contribution >= 0.6 is 11.8 Å². The summed E-state index contributed by atoms with van der Waals surface area (Å²) >= 11 is 0.820. The Labute approximate surface area is 196 Å². The zero-order chi connectivity index (χ0) is 24.9. The number of amides is 1. The van der Waals surface area contributed by atoms with Gasteiger partial charge in [-0.1, -0.05) is 0 Å². The second kappa shape index (κ2) is 10.5. The van der Waals surface area contributed by atoms with Crippen LogP contribution in [0.25, 0.3) is 5.69 Å². The molecule has 0 unspecified atom stereocenters. The third-order valence-corrected chi connectivity index (χ3v) is 5.52. The number of nitro benzene ring substituents is 1. The quantitative estimate of drug-likeness (QED) is 0.345. The van der Waals surface area contributed by atoms with Crippen molar-refractivity contribution in [2.24, 2.45) is 0 Å². The van der Waals surface area contributed by atoms with Gasteiger partial charge in [0.1, 0.15) is 11.6 Å². The maximum Gasteiger partial charge on any atom is 0.416 e. The van der Waals surface area contributed by atoms with Crippen LogP contribution in [0.5, 0.6) is 5.75 Å². The fraction of sp³-hybridized carbons (Fsp3) is 0.286. The highest BCUT2D eigenvalue weighted by Crippen LogP contribution is 2.39. The average molecular weight is 495 g/mol. The van der Waals surface area contributed by atoms with E-state index in [1.165, 1.54) is 6.92 Å². The number of hydrogen-bond donors (Lipinski definition) is 1. The number of carbonyl (C=O) groups excluding carboxylic acids is 1. The first-order chi connectivity index (χ1) is 16.1. The van der Waals surface area contributed by atoms with Gasteiger partial charge in [0.15, 0.2) is 0 Å². The van der Waals surface area contributed by atoms with Crippen LogP contribution in [0.4, 0.5) is 18.9 Å². The second-order valence-corrected chi connectivity index (χ2v) is 7.94. The highest BCUT2D eigenvalue weighted by atomic mass is 32.2. The molecule has 0 spiro atoms. The van der Waals surface area contributed by atoms with Crippen molar-refractivity contribution in [3.63, 3.8) is 0 Å². The van der Waals surface area contributed by atoms with Gasteiger partial charge in [-0.25, -0.2) is 0 Å². The molecule has 0 bridgehead atoms. The number of rotatable bonds is 9. The van der Waals surface area contributed by atoms with Crippen molar-refractivity contribution in [1.82, 2.24) is 20.1 Å². The minimum Gasteiger partial charge on any atom is -0.494 e. The monoisotopic (exact) mass is 495 g/mol. The highest BCUT2D eigenvalue weighted by Gasteiger charge is 2.33. The minimum absolute atomic E-state index is 0.0222. The largest absolute Gasteiger partial charge is 0.494 e. The first-order valence-electron chi connectivity index (χ1n) is 10.1. The Kier molecular flexibility index (Phi) is 7.76. The molecule has 0 atom stereocenters. The topological polar surface area (TPSA) is 112 Å². The van der Waals surface area contributed by atoms with Crippen molar-refractivity contribution in [3.8, 4) is 11.4 Å². The lowest BCUT2D eigenvalue weighted by Crippen LogP contribution is -2.23. The van der Waals surface area contributed by atoms with Crippen LogP contribution in [0.2, 0.25) is 0 Å². The van der Waals surface area contributed by atoms with E-state index in [9.17, 15) is 28.1 Å². The van der Waals surface area contributed by atoms with Crippen LogP contribution in [0.3, 0.4) is 0 Å². The van der Waals surface area contributed by atoms with Crippen molar-refractivity contribution >= 4 is 23.4 Å². The third-order valence-electron chi connectivity index (χ3n) is 4.51. The number of alkyl halides is 3. The standard InChI is InChI=1S/C21H20F3N5O4S/c1-3-33-16-7-5-15(6-8-16)28-19(10-11-25-13(2)30)26-27-20(28)34-18-9-4-14(21(22,23)24)12-17(18)29(31)32/h4-9,12H,3,10-11H2,1-2H3,(H,25,30). The van der Waals surface area contributed by atoms with E-state index in [1.807, 2.05) is 6.92 Å². The van der Waals surface area contributed by atoms with Gasteiger partial charge < -0.3 is 10.1 Å². The predicted molar refractivity (Wildman–Crippen MR) is 117 cm³/mol. The summed E-state index contributed by atoms with van der Waals surface area (Å²) in [6.07, 6.45) is -4.41. The number of halogens is 3. The van der Waals surface area contributed by atoms with Crippen molar-refractivity contribution in [3.05, 3.63) is 64.0 Å². The molecule has 0 aliphatic rings. The molecule has 0 saturated heterocycles. The Bertz CT molecular complexity index is 1180. The smallest absolute Gasteiger partial charge is 0.416 e. The Morgan fingerprint density at radius 1 is 1.21 bits per heavy atom. The van der Waals surface area contributed by atoms with Crippen LogP contribution in [-0.4, -0.2) is 38.7 Å². The van der Waals surface area contributed by atoms with E-state index in [2.05, 4.69) is 15.5 Å². The number of nitrogens with one attached hydrogen (secondary N) is 1. The third kappa shape index (κ3) is 6.04. The lowest BCUT2D eigenvalue weighted by atomic mass is 10.2. The van der Waals surface area contributed by atoms with Crippen molar-refractivity contribution in [2.75, 3.05) is 13.2 Å². The van der Waals surface area contributed by atoms with Gasteiger partial charge in [0.25, 0.3) is 5.69 Å². The van der Waals surface area contributed by atoms with Crippen LogP contribution in [0.15, 0.2) is 52.5 Å². The number of nitro groups is 1. The molecule has 0 saturated carbocycles. The van der Waals surface area contributed by atoms with E-state index in [0.29, 0.717) is 36.4 Å². The molecule has 0 radical (unpaired) electrons. The van der Waals surface area contributed by atoms with Gasteiger partial charge in [0.05, 0.1) is 22.0 Å². The van der Waals surface area contributed by atoms with Crippen LogP contribution in [0, 0.1) is 10.1 Å². The Morgan fingerprint density at radius 3 is 2.50 bits per heavy atom. The average Bonchev–Trinajstić information content (AvgIpc) is 3.16. The summed E-state index contributed by atoms with van der Waals surface area (Å²) < 4.78 is 46.2. The summed E-state index contributed by atoms with van der Waals surface area (Å²) in [5, 5.41) is 22.6. The van der Waals surface area contributed by atoms with Crippen LogP contribution in [-0.2, 0) is 17.4 Å². The van der Waals surface area contributed by atoms with E-state index >= 15 is 0 Å². The highest BCUT2D eigenvalue weighted by molar-refractivity contribution is 7.99. The summed E-state index contributed by atoms with van der Waals surface area (Å²) in [7, 11) is 0. The number of hydrogen-bond acceptors (Lipinski definition) is 7. The van der Waals surface area contributed by atoms with Crippen molar-refractivity contribution < 1.29 is 27.6 Å². The lowest BCUT2D eigenvalue weighted by Gasteiger charge is -2.12. The van der Waals surface area contributed by atoms with E-state index in [-0.39, 0.29) is 22.5 Å². The normalized spacial score (nSPS) is 11.3. The molecule has 180 valence electrons. The summed E-state index contributed by atoms with van der Waals surface area (Å²) in [6.45, 7) is 3.98. The maximum atomic E-state index is 13.0. The minimum atomic E-state index is -4.72. The van der Waals surface area contributed by atoms with Gasteiger partial charge in [-0.05, 0) is 55.1 Å². The van der Waals surface area contributed by atoms with Gasteiger partial charge in [0.2, 0.25) is 11.1 Å². The summed E-state index contributed by atoms with van der Waals surface area (Å²) in [4.78, 5) is 21.8. The zero-order valence-corrected chi connectivity index (χ0v) is 18.9. The summed E-state index contributed by atoms with van der Waals surface area (Å²) in [5.41, 5.74) is -1.20. The second-order valence-electron chi connectivity index (χ2n) is 6.93. The van der Waals surface area contributed by atoms with Gasteiger partial charge in [-0.2, -0.15) is 13.2 Å². The number of ether oxygens (including phenoxy) is 1. The number of aromatic nitrogens is 3. The number of benzene rings is 2. The molecular formula is C21H20F3N5O4S. The molecular weight excluding hydrogens is 475 g/mol. The molecule has 1 heterocycles. The summed E-state index contributed by atoms with van der Waals surface area (Å²) in [6, 6.07) is 9.25. The fourth-order valence-corrected chi connectivity index (χ4v) is 3.97. The molecule has 1 N–H and O–H groups in total. The van der Waals surface area contributed by atoms with E-state index < -0.39 is 22.4 Å². The van der Waals surface area contributed by atoms with Gasteiger partial charge in [-0.15, -0.1) is 10.2 Å². The van der Waals surface area contributed by atoms with Crippen molar-refractivity contribution in [2.45, 2.75) is 36.5 Å².